The molecule has 1 fully saturated rings. The number of thioether (sulfide) groups is 1. The van der Waals surface area contributed by atoms with E-state index < -0.39 is 6.04 Å². The lowest BCUT2D eigenvalue weighted by Gasteiger charge is -2.34. The molecule has 114 valence electrons. The van der Waals surface area contributed by atoms with Gasteiger partial charge >= 0.3 is 5.97 Å². The Morgan fingerprint density at radius 2 is 2.24 bits per heavy atom. The van der Waals surface area contributed by atoms with Crippen LogP contribution in [0.3, 0.4) is 0 Å². The van der Waals surface area contributed by atoms with Gasteiger partial charge in [0.2, 0.25) is 0 Å². The van der Waals surface area contributed by atoms with E-state index in [0.29, 0.717) is 24.5 Å². The first kappa shape index (κ1) is 16.4. The molecule has 0 spiro atoms. The van der Waals surface area contributed by atoms with E-state index in [0.717, 1.165) is 15.8 Å². The van der Waals surface area contributed by atoms with Crippen LogP contribution in [-0.4, -0.2) is 47.5 Å². The number of nitrogens with zero attached hydrogens (tertiary/aromatic N) is 1. The van der Waals surface area contributed by atoms with Crippen molar-refractivity contribution in [2.75, 3.05) is 24.7 Å². The SMILES string of the molecule is CCOC(=O)C1CSCCN1C(=O)c1ccc(C)cc1Br. The van der Waals surface area contributed by atoms with E-state index in [1.54, 1.807) is 29.7 Å². The monoisotopic (exact) mass is 371 g/mol. The van der Waals surface area contributed by atoms with Crippen molar-refractivity contribution in [2.45, 2.75) is 19.9 Å². The summed E-state index contributed by atoms with van der Waals surface area (Å²) in [5.41, 5.74) is 1.66. The number of halogens is 1. The number of aryl methyl sites for hydroxylation is 1. The number of ether oxygens (including phenoxy) is 1. The smallest absolute Gasteiger partial charge is 0.329 e. The van der Waals surface area contributed by atoms with Gasteiger partial charge in [0.15, 0.2) is 0 Å². The fourth-order valence-electron chi connectivity index (χ4n) is 2.23. The van der Waals surface area contributed by atoms with E-state index in [9.17, 15) is 9.59 Å². The number of carbonyl (C=O) groups is 2. The van der Waals surface area contributed by atoms with E-state index in [-0.39, 0.29) is 11.9 Å². The molecule has 1 aromatic rings. The molecule has 1 aliphatic rings. The predicted molar refractivity (Wildman–Crippen MR) is 87.7 cm³/mol. The van der Waals surface area contributed by atoms with Gasteiger partial charge in [-0.25, -0.2) is 4.79 Å². The second-order valence-electron chi connectivity index (χ2n) is 4.82. The van der Waals surface area contributed by atoms with Crippen LogP contribution in [-0.2, 0) is 9.53 Å². The first-order chi connectivity index (χ1) is 10.0. The van der Waals surface area contributed by atoms with Gasteiger partial charge in [0.05, 0.1) is 12.2 Å². The number of hydrogen-bond donors (Lipinski definition) is 0. The second-order valence-corrected chi connectivity index (χ2v) is 6.83. The second kappa shape index (κ2) is 7.31. The minimum Gasteiger partial charge on any atom is -0.464 e. The highest BCUT2D eigenvalue weighted by Crippen LogP contribution is 2.24. The summed E-state index contributed by atoms with van der Waals surface area (Å²) < 4.78 is 5.85. The molecule has 21 heavy (non-hydrogen) atoms. The van der Waals surface area contributed by atoms with Crippen molar-refractivity contribution in [3.63, 3.8) is 0 Å². The van der Waals surface area contributed by atoms with Crippen molar-refractivity contribution in [3.05, 3.63) is 33.8 Å². The van der Waals surface area contributed by atoms with E-state index in [1.807, 2.05) is 19.1 Å². The topological polar surface area (TPSA) is 46.6 Å². The lowest BCUT2D eigenvalue weighted by molar-refractivity contribution is -0.147. The lowest BCUT2D eigenvalue weighted by atomic mass is 10.1. The van der Waals surface area contributed by atoms with Crippen LogP contribution in [0.4, 0.5) is 0 Å². The molecule has 1 amide bonds. The summed E-state index contributed by atoms with van der Waals surface area (Å²) in [5.74, 6) is 0.987. The summed E-state index contributed by atoms with van der Waals surface area (Å²) in [6, 6.07) is 5.11. The summed E-state index contributed by atoms with van der Waals surface area (Å²) in [6.07, 6.45) is 0. The molecule has 1 atom stereocenters. The van der Waals surface area contributed by atoms with Crippen LogP contribution in [0.25, 0.3) is 0 Å². The predicted octanol–water partition coefficient (Wildman–Crippen LogP) is 2.88. The number of carbonyl (C=O) groups excluding carboxylic acids is 2. The van der Waals surface area contributed by atoms with Gasteiger partial charge in [-0.15, -0.1) is 0 Å². The fraction of sp³-hybridized carbons (Fsp3) is 0.467. The number of esters is 1. The maximum atomic E-state index is 12.7. The van der Waals surface area contributed by atoms with Crippen LogP contribution in [0.5, 0.6) is 0 Å². The quantitative estimate of drug-likeness (QED) is 0.766. The highest BCUT2D eigenvalue weighted by atomic mass is 79.9. The van der Waals surface area contributed by atoms with Crippen LogP contribution in [0.15, 0.2) is 22.7 Å². The molecule has 0 saturated carbocycles. The third-order valence-electron chi connectivity index (χ3n) is 3.30. The van der Waals surface area contributed by atoms with Gasteiger partial charge in [-0.05, 0) is 47.5 Å². The van der Waals surface area contributed by atoms with Gasteiger partial charge < -0.3 is 9.64 Å². The molecule has 1 saturated heterocycles. The van der Waals surface area contributed by atoms with Crippen LogP contribution in [0.1, 0.15) is 22.8 Å². The molecule has 0 aliphatic carbocycles. The number of benzene rings is 1. The van der Waals surface area contributed by atoms with Crippen molar-refractivity contribution < 1.29 is 14.3 Å². The van der Waals surface area contributed by atoms with E-state index in [1.165, 1.54) is 0 Å². The standard InChI is InChI=1S/C15H18BrNO3S/c1-3-20-15(19)13-9-21-7-6-17(13)14(18)11-5-4-10(2)8-12(11)16/h4-5,8,13H,3,6-7,9H2,1-2H3. The summed E-state index contributed by atoms with van der Waals surface area (Å²) in [4.78, 5) is 26.4. The van der Waals surface area contributed by atoms with E-state index in [2.05, 4.69) is 15.9 Å². The fourth-order valence-corrected chi connectivity index (χ4v) is 3.92. The summed E-state index contributed by atoms with van der Waals surface area (Å²) in [7, 11) is 0. The average Bonchev–Trinajstić information content (AvgIpc) is 2.47. The highest BCUT2D eigenvalue weighted by molar-refractivity contribution is 9.10. The van der Waals surface area contributed by atoms with E-state index in [4.69, 9.17) is 4.74 Å². The molecule has 0 bridgehead atoms. The molecular weight excluding hydrogens is 354 g/mol. The first-order valence-electron chi connectivity index (χ1n) is 6.86. The maximum absolute atomic E-state index is 12.7. The van der Waals surface area contributed by atoms with Crippen molar-refractivity contribution in [1.82, 2.24) is 4.90 Å². The normalized spacial score (nSPS) is 18.4. The van der Waals surface area contributed by atoms with Gasteiger partial charge in [-0.3, -0.25) is 4.79 Å². The Labute approximate surface area is 137 Å². The highest BCUT2D eigenvalue weighted by Gasteiger charge is 2.34. The molecule has 0 aromatic heterocycles. The molecule has 1 aromatic carbocycles. The molecule has 0 radical (unpaired) electrons. The van der Waals surface area contributed by atoms with Gasteiger partial charge in [0.1, 0.15) is 6.04 Å². The van der Waals surface area contributed by atoms with E-state index >= 15 is 0 Å². The average molecular weight is 372 g/mol. The lowest BCUT2D eigenvalue weighted by Crippen LogP contribution is -2.51. The zero-order chi connectivity index (χ0) is 15.4. The number of rotatable bonds is 3. The van der Waals surface area contributed by atoms with Crippen molar-refractivity contribution >= 4 is 39.6 Å². The molecule has 1 heterocycles. The Hall–Kier alpha value is -1.01. The molecular formula is C15H18BrNO3S. The Bertz CT molecular complexity index is 550. The van der Waals surface area contributed by atoms with Gasteiger partial charge in [-0.1, -0.05) is 6.07 Å². The molecule has 1 unspecified atom stereocenters. The van der Waals surface area contributed by atoms with Gasteiger partial charge in [-0.2, -0.15) is 11.8 Å². The van der Waals surface area contributed by atoms with Crippen LogP contribution >= 0.6 is 27.7 Å². The Morgan fingerprint density at radius 1 is 1.48 bits per heavy atom. The Morgan fingerprint density at radius 3 is 2.90 bits per heavy atom. The largest absolute Gasteiger partial charge is 0.464 e. The molecule has 6 heteroatoms. The molecule has 0 N–H and O–H groups in total. The van der Waals surface area contributed by atoms with Crippen molar-refractivity contribution in [3.8, 4) is 0 Å². The zero-order valence-corrected chi connectivity index (χ0v) is 14.5. The van der Waals surface area contributed by atoms with Crippen LogP contribution < -0.4 is 0 Å². The molecule has 1 aliphatic heterocycles. The zero-order valence-electron chi connectivity index (χ0n) is 12.1. The number of hydrogen-bond acceptors (Lipinski definition) is 4. The maximum Gasteiger partial charge on any atom is 0.329 e. The summed E-state index contributed by atoms with van der Waals surface area (Å²) in [6.45, 7) is 4.64. The third kappa shape index (κ3) is 3.80. The summed E-state index contributed by atoms with van der Waals surface area (Å²) >= 11 is 5.11. The third-order valence-corrected chi connectivity index (χ3v) is 4.98. The molecule has 2 rings (SSSR count). The van der Waals surface area contributed by atoms with Gasteiger partial charge in [0.25, 0.3) is 5.91 Å². The van der Waals surface area contributed by atoms with Crippen LogP contribution in [0.2, 0.25) is 0 Å². The minimum atomic E-state index is -0.496. The Balaban J connectivity index is 2.24. The Kier molecular flexibility index (Phi) is 5.70. The number of amides is 1. The summed E-state index contributed by atoms with van der Waals surface area (Å²) in [5, 5.41) is 0. The minimum absolute atomic E-state index is 0.125. The molecule has 4 nitrogen and oxygen atoms in total. The first-order valence-corrected chi connectivity index (χ1v) is 8.81. The van der Waals surface area contributed by atoms with Crippen LogP contribution in [0, 0.1) is 6.92 Å². The van der Waals surface area contributed by atoms with Gasteiger partial charge in [0, 0.05) is 22.5 Å². The van der Waals surface area contributed by atoms with Crippen molar-refractivity contribution in [2.24, 2.45) is 0 Å². The van der Waals surface area contributed by atoms with Crippen molar-refractivity contribution in [1.29, 1.82) is 0 Å².